The average molecular weight is 385 g/mol. The second-order valence-electron chi connectivity index (χ2n) is 6.60. The molecule has 1 aromatic heterocycles. The second kappa shape index (κ2) is 7.62. The van der Waals surface area contributed by atoms with Gasteiger partial charge in [-0.25, -0.2) is 14.8 Å². The maximum Gasteiger partial charge on any atom is 0.339 e. The van der Waals surface area contributed by atoms with E-state index in [9.17, 15) is 4.79 Å². The van der Waals surface area contributed by atoms with Crippen molar-refractivity contribution < 1.29 is 9.63 Å². The number of aromatic nitrogens is 2. The Balaban J connectivity index is 1.78. The number of anilines is 1. The Morgan fingerprint density at radius 2 is 1.69 bits per heavy atom. The number of nitrogens with zero attached hydrogens (tertiary/aromatic N) is 3. The van der Waals surface area contributed by atoms with E-state index < -0.39 is 11.6 Å². The van der Waals surface area contributed by atoms with Gasteiger partial charge >= 0.3 is 6.03 Å². The minimum Gasteiger partial charge on any atom is -0.368 e. The maximum absolute atomic E-state index is 12.2. The molecular formula is C22H19N5O2. The molecule has 0 aliphatic carbocycles. The standard InChI is InChI=1S/C22H19N5O2/c23-20-25-14-17(15-26-20)10-9-16-5-4-8-19(13-16)22(18-6-2-1-3-7-18)11-12-29-27(22)21(24)28/h1-8,13-15H,11-12H2,(H2,24,28)(H2,23,25,26). The van der Waals surface area contributed by atoms with Gasteiger partial charge in [-0.3, -0.25) is 4.84 Å². The molecule has 2 amide bonds. The summed E-state index contributed by atoms with van der Waals surface area (Å²) in [6.45, 7) is 0.385. The molecule has 0 spiro atoms. The summed E-state index contributed by atoms with van der Waals surface area (Å²) in [4.78, 5) is 25.7. The number of hydrogen-bond acceptors (Lipinski definition) is 5. The van der Waals surface area contributed by atoms with Gasteiger partial charge in [0.25, 0.3) is 0 Å². The summed E-state index contributed by atoms with van der Waals surface area (Å²) in [5, 5.41) is 1.27. The van der Waals surface area contributed by atoms with E-state index in [1.54, 1.807) is 12.4 Å². The van der Waals surface area contributed by atoms with E-state index in [4.69, 9.17) is 16.3 Å². The third-order valence-electron chi connectivity index (χ3n) is 4.85. The van der Waals surface area contributed by atoms with E-state index in [0.29, 0.717) is 18.6 Å². The molecule has 4 rings (SSSR count). The predicted molar refractivity (Wildman–Crippen MR) is 108 cm³/mol. The summed E-state index contributed by atoms with van der Waals surface area (Å²) < 4.78 is 0. The Labute approximate surface area is 168 Å². The Hall–Kier alpha value is -3.89. The highest BCUT2D eigenvalue weighted by Crippen LogP contribution is 2.43. The lowest BCUT2D eigenvalue weighted by atomic mass is 9.80. The van der Waals surface area contributed by atoms with Crippen molar-refractivity contribution in [3.8, 4) is 11.8 Å². The number of nitrogen functional groups attached to an aromatic ring is 1. The molecule has 0 bridgehead atoms. The van der Waals surface area contributed by atoms with Crippen LogP contribution in [0.3, 0.4) is 0 Å². The van der Waals surface area contributed by atoms with Crippen molar-refractivity contribution >= 4 is 12.0 Å². The first kappa shape index (κ1) is 18.5. The predicted octanol–water partition coefficient (Wildman–Crippen LogP) is 2.42. The first-order valence-corrected chi connectivity index (χ1v) is 9.08. The second-order valence-corrected chi connectivity index (χ2v) is 6.60. The van der Waals surface area contributed by atoms with Gasteiger partial charge in [0.2, 0.25) is 5.95 Å². The van der Waals surface area contributed by atoms with Gasteiger partial charge in [0.15, 0.2) is 0 Å². The van der Waals surface area contributed by atoms with E-state index in [-0.39, 0.29) is 5.95 Å². The van der Waals surface area contributed by atoms with Gasteiger partial charge in [-0.15, -0.1) is 0 Å². The zero-order valence-corrected chi connectivity index (χ0v) is 15.6. The first-order chi connectivity index (χ1) is 14.1. The Morgan fingerprint density at radius 1 is 1.00 bits per heavy atom. The molecule has 3 aromatic rings. The Kier molecular flexibility index (Phi) is 4.85. The van der Waals surface area contributed by atoms with Gasteiger partial charge in [0.05, 0.1) is 12.2 Å². The van der Waals surface area contributed by atoms with Crippen LogP contribution in [-0.2, 0) is 10.4 Å². The third kappa shape index (κ3) is 3.49. The van der Waals surface area contributed by atoms with E-state index in [0.717, 1.165) is 16.7 Å². The van der Waals surface area contributed by atoms with Crippen LogP contribution in [-0.4, -0.2) is 27.7 Å². The molecule has 7 nitrogen and oxygen atoms in total. The largest absolute Gasteiger partial charge is 0.368 e. The molecular weight excluding hydrogens is 366 g/mol. The monoisotopic (exact) mass is 385 g/mol. The molecule has 1 aliphatic rings. The number of urea groups is 1. The smallest absolute Gasteiger partial charge is 0.339 e. The van der Waals surface area contributed by atoms with Crippen LogP contribution >= 0.6 is 0 Å². The van der Waals surface area contributed by atoms with Crippen molar-refractivity contribution in [1.29, 1.82) is 0 Å². The number of primary amides is 1. The van der Waals surface area contributed by atoms with Crippen LogP contribution in [0.4, 0.5) is 10.7 Å². The van der Waals surface area contributed by atoms with Crippen molar-refractivity contribution in [2.45, 2.75) is 12.0 Å². The van der Waals surface area contributed by atoms with Crippen LogP contribution in [0, 0.1) is 11.8 Å². The molecule has 2 aromatic carbocycles. The summed E-state index contributed by atoms with van der Waals surface area (Å²) in [6.07, 6.45) is 3.73. The molecule has 4 N–H and O–H groups in total. The molecule has 0 radical (unpaired) electrons. The van der Waals surface area contributed by atoms with Crippen molar-refractivity contribution in [2.24, 2.45) is 5.73 Å². The summed E-state index contributed by atoms with van der Waals surface area (Å²) in [5.41, 5.74) is 13.6. The summed E-state index contributed by atoms with van der Waals surface area (Å²) in [6, 6.07) is 16.8. The molecule has 1 fully saturated rings. The van der Waals surface area contributed by atoms with Gasteiger partial charge in [-0.1, -0.05) is 54.3 Å². The molecule has 2 heterocycles. The van der Waals surface area contributed by atoms with Crippen molar-refractivity contribution in [3.63, 3.8) is 0 Å². The highest BCUT2D eigenvalue weighted by molar-refractivity contribution is 5.73. The third-order valence-corrected chi connectivity index (χ3v) is 4.85. The van der Waals surface area contributed by atoms with Crippen molar-refractivity contribution in [1.82, 2.24) is 15.0 Å². The van der Waals surface area contributed by atoms with Crippen LogP contribution in [0.15, 0.2) is 67.0 Å². The average Bonchev–Trinajstić information content (AvgIpc) is 3.21. The minimum atomic E-state index is -0.810. The first-order valence-electron chi connectivity index (χ1n) is 9.08. The Morgan fingerprint density at radius 3 is 2.41 bits per heavy atom. The fraction of sp³-hybridized carbons (Fsp3) is 0.136. The van der Waals surface area contributed by atoms with Gasteiger partial charge < -0.3 is 11.5 Å². The van der Waals surface area contributed by atoms with E-state index in [1.807, 2.05) is 54.6 Å². The van der Waals surface area contributed by atoms with Crippen LogP contribution in [0.5, 0.6) is 0 Å². The normalized spacial score (nSPS) is 18.1. The Bertz CT molecular complexity index is 1090. The van der Waals surface area contributed by atoms with Gasteiger partial charge in [0.1, 0.15) is 5.54 Å². The van der Waals surface area contributed by atoms with Crippen molar-refractivity contribution in [3.05, 3.63) is 89.2 Å². The van der Waals surface area contributed by atoms with Gasteiger partial charge in [-0.05, 0) is 23.3 Å². The zero-order chi connectivity index (χ0) is 20.3. The van der Waals surface area contributed by atoms with Crippen LogP contribution in [0.1, 0.15) is 28.7 Å². The molecule has 144 valence electrons. The number of carbonyl (C=O) groups is 1. The van der Waals surface area contributed by atoms with E-state index in [1.165, 1.54) is 5.06 Å². The molecule has 1 aliphatic heterocycles. The number of hydroxylamine groups is 2. The number of amides is 2. The molecule has 7 heteroatoms. The fourth-order valence-electron chi connectivity index (χ4n) is 3.55. The topological polar surface area (TPSA) is 107 Å². The van der Waals surface area contributed by atoms with Crippen LogP contribution in [0.2, 0.25) is 0 Å². The number of hydrogen-bond donors (Lipinski definition) is 2. The molecule has 1 unspecified atom stereocenters. The molecule has 29 heavy (non-hydrogen) atoms. The number of rotatable bonds is 2. The summed E-state index contributed by atoms with van der Waals surface area (Å²) in [5.74, 6) is 6.34. The highest BCUT2D eigenvalue weighted by Gasteiger charge is 2.47. The van der Waals surface area contributed by atoms with Gasteiger partial charge in [0, 0.05) is 24.4 Å². The van der Waals surface area contributed by atoms with Crippen LogP contribution in [0.25, 0.3) is 0 Å². The van der Waals surface area contributed by atoms with Crippen LogP contribution < -0.4 is 11.5 Å². The quantitative estimate of drug-likeness (QED) is 0.659. The molecule has 1 saturated heterocycles. The lowest BCUT2D eigenvalue weighted by molar-refractivity contribution is -0.107. The number of carbonyl (C=O) groups excluding carboxylic acids is 1. The number of benzene rings is 2. The molecule has 1 atom stereocenters. The maximum atomic E-state index is 12.2. The lowest BCUT2D eigenvalue weighted by Gasteiger charge is -2.36. The van der Waals surface area contributed by atoms with Gasteiger partial charge in [-0.2, -0.15) is 5.06 Å². The number of nitrogens with two attached hydrogens (primary N) is 2. The summed E-state index contributed by atoms with van der Waals surface area (Å²) >= 11 is 0. The minimum absolute atomic E-state index is 0.204. The fourth-order valence-corrected chi connectivity index (χ4v) is 3.55. The summed E-state index contributed by atoms with van der Waals surface area (Å²) in [7, 11) is 0. The lowest BCUT2D eigenvalue weighted by Crippen LogP contribution is -2.47. The highest BCUT2D eigenvalue weighted by atomic mass is 16.7. The zero-order valence-electron chi connectivity index (χ0n) is 15.6. The SMILES string of the molecule is NC(=O)N1OCCC1(c1ccccc1)c1cccc(C#Cc2cnc(N)nc2)c1. The molecule has 0 saturated carbocycles. The van der Waals surface area contributed by atoms with E-state index in [2.05, 4.69) is 21.8 Å². The van der Waals surface area contributed by atoms with E-state index >= 15 is 0 Å². The van der Waals surface area contributed by atoms with Crippen molar-refractivity contribution in [2.75, 3.05) is 12.3 Å².